The van der Waals surface area contributed by atoms with Gasteiger partial charge in [-0.15, -0.1) is 0 Å². The van der Waals surface area contributed by atoms with E-state index in [0.29, 0.717) is 36.3 Å². The second kappa shape index (κ2) is 14.7. The lowest BCUT2D eigenvalue weighted by Crippen LogP contribution is -2.27. The van der Waals surface area contributed by atoms with Crippen molar-refractivity contribution in [1.82, 2.24) is 10.5 Å². The number of amides is 1. The average molecular weight is 549 g/mol. The molecule has 1 aromatic heterocycles. The van der Waals surface area contributed by atoms with Crippen LogP contribution in [0.3, 0.4) is 0 Å². The van der Waals surface area contributed by atoms with E-state index < -0.39 is 5.97 Å². The Bertz CT molecular complexity index is 1230. The Morgan fingerprint density at radius 1 is 1.25 bits per heavy atom. The van der Waals surface area contributed by atoms with Crippen LogP contribution in [0.15, 0.2) is 64.4 Å². The van der Waals surface area contributed by atoms with Gasteiger partial charge in [-0.05, 0) is 74.2 Å². The summed E-state index contributed by atoms with van der Waals surface area (Å²) in [7, 11) is 1.59. The number of nitrogens with one attached hydrogen (secondary N) is 1. The first-order valence-electron chi connectivity index (χ1n) is 14.3. The molecule has 2 aromatic rings. The summed E-state index contributed by atoms with van der Waals surface area (Å²) in [6, 6.07) is 8.45. The number of carbonyl (C=O) groups excluding carboxylic acids is 1. The first kappa shape index (κ1) is 30.9. The molecule has 1 aromatic carbocycles. The molecule has 0 bridgehead atoms. The van der Waals surface area contributed by atoms with Gasteiger partial charge in [-0.2, -0.15) is 0 Å². The molecule has 2 atom stereocenters. The van der Waals surface area contributed by atoms with E-state index in [4.69, 9.17) is 9.26 Å². The van der Waals surface area contributed by atoms with Crippen molar-refractivity contribution in [3.05, 3.63) is 76.7 Å². The van der Waals surface area contributed by atoms with Gasteiger partial charge in [-0.1, -0.05) is 62.3 Å². The first-order chi connectivity index (χ1) is 19.2. The van der Waals surface area contributed by atoms with Crippen LogP contribution in [0, 0.1) is 5.92 Å². The van der Waals surface area contributed by atoms with E-state index in [-0.39, 0.29) is 24.7 Å². The maximum atomic E-state index is 13.1. The Balaban J connectivity index is 1.82. The summed E-state index contributed by atoms with van der Waals surface area (Å²) < 4.78 is 11.4. The van der Waals surface area contributed by atoms with E-state index >= 15 is 0 Å². The zero-order valence-corrected chi connectivity index (χ0v) is 24.6. The highest BCUT2D eigenvalue weighted by Crippen LogP contribution is 2.48. The van der Waals surface area contributed by atoms with Gasteiger partial charge >= 0.3 is 5.97 Å². The summed E-state index contributed by atoms with van der Waals surface area (Å²) in [5.41, 5.74) is 5.82. The molecule has 1 fully saturated rings. The SMILES string of the molecule is C=C/C(C)=C\C(OC)=C(/C)CNC(=O)CC(CCC(=O)O)c1noc(-c2ccc(CC(C)CC)cc2)c1C1CC1. The Hall–Kier alpha value is -3.61. The molecule has 0 radical (unpaired) electrons. The molecular weight excluding hydrogens is 504 g/mol. The minimum absolute atomic E-state index is 0.0487. The highest BCUT2D eigenvalue weighted by molar-refractivity contribution is 5.77. The number of aliphatic carboxylic acids is 1. The molecule has 3 rings (SSSR count). The van der Waals surface area contributed by atoms with Gasteiger partial charge in [-0.25, -0.2) is 0 Å². The molecule has 2 unspecified atom stereocenters. The number of hydrogen-bond donors (Lipinski definition) is 2. The molecule has 1 saturated carbocycles. The predicted molar refractivity (Wildman–Crippen MR) is 158 cm³/mol. The lowest BCUT2D eigenvalue weighted by molar-refractivity contribution is -0.137. The fraction of sp³-hybridized carbons (Fsp3) is 0.485. The number of nitrogens with zero attached hydrogens (tertiary/aromatic N) is 1. The van der Waals surface area contributed by atoms with Gasteiger partial charge in [0, 0.05) is 36.4 Å². The third kappa shape index (κ3) is 8.70. The lowest BCUT2D eigenvalue weighted by atomic mass is 9.89. The highest BCUT2D eigenvalue weighted by atomic mass is 16.5. The summed E-state index contributed by atoms with van der Waals surface area (Å²) in [6.45, 7) is 12.4. The van der Waals surface area contributed by atoms with Gasteiger partial charge in [0.2, 0.25) is 5.91 Å². The van der Waals surface area contributed by atoms with E-state index in [2.05, 4.69) is 55.2 Å². The monoisotopic (exact) mass is 548 g/mol. The number of aromatic nitrogens is 1. The summed E-state index contributed by atoms with van der Waals surface area (Å²) in [6.07, 6.45) is 8.24. The fourth-order valence-corrected chi connectivity index (χ4v) is 4.79. The van der Waals surface area contributed by atoms with Gasteiger partial charge < -0.3 is 19.7 Å². The largest absolute Gasteiger partial charge is 0.497 e. The van der Waals surface area contributed by atoms with Crippen LogP contribution in [0.2, 0.25) is 0 Å². The molecule has 7 heteroatoms. The van der Waals surface area contributed by atoms with Crippen LogP contribution >= 0.6 is 0 Å². The third-order valence-corrected chi connectivity index (χ3v) is 7.64. The number of carboxylic acids is 1. The molecule has 2 N–H and O–H groups in total. The third-order valence-electron chi connectivity index (χ3n) is 7.64. The number of carboxylic acid groups (broad SMARTS) is 1. The molecule has 0 spiro atoms. The number of allylic oxidation sites excluding steroid dienone is 3. The van der Waals surface area contributed by atoms with Gasteiger partial charge in [0.15, 0.2) is 5.76 Å². The molecule has 216 valence electrons. The number of hydrogen-bond acceptors (Lipinski definition) is 5. The maximum Gasteiger partial charge on any atom is 0.303 e. The molecule has 1 amide bonds. The number of ether oxygens (including phenoxy) is 1. The van der Waals surface area contributed by atoms with Crippen molar-refractivity contribution in [3.63, 3.8) is 0 Å². The zero-order valence-electron chi connectivity index (χ0n) is 24.6. The van der Waals surface area contributed by atoms with Crippen molar-refractivity contribution < 1.29 is 24.0 Å². The van der Waals surface area contributed by atoms with Gasteiger partial charge in [0.25, 0.3) is 0 Å². The minimum Gasteiger partial charge on any atom is -0.497 e. The standard InChI is InChI=1S/C33H44N2O5/c1-7-21(3)17-24-9-11-26(12-10-24)33-31(25-13-14-25)32(35-40-33)27(15-16-30(37)38)19-29(36)34-20-23(5)28(39-6)18-22(4)8-2/h8-12,18,21,25,27H,2,7,13-17,19-20H2,1,3-6H3,(H,34,36)(H,37,38)/b22-18-,28-23-. The van der Waals surface area contributed by atoms with Gasteiger partial charge in [0.05, 0.1) is 12.8 Å². The van der Waals surface area contributed by atoms with E-state index in [1.165, 1.54) is 5.56 Å². The van der Waals surface area contributed by atoms with Gasteiger partial charge in [-0.3, -0.25) is 9.59 Å². The Morgan fingerprint density at radius 2 is 1.95 bits per heavy atom. The van der Waals surface area contributed by atoms with Crippen molar-refractivity contribution >= 4 is 11.9 Å². The number of rotatable bonds is 16. The van der Waals surface area contributed by atoms with Crippen molar-refractivity contribution in [1.29, 1.82) is 0 Å². The van der Waals surface area contributed by atoms with Crippen LogP contribution in [-0.4, -0.2) is 35.8 Å². The summed E-state index contributed by atoms with van der Waals surface area (Å²) in [5, 5.41) is 16.8. The van der Waals surface area contributed by atoms with Crippen LogP contribution in [0.1, 0.15) is 94.9 Å². The molecule has 1 aliphatic carbocycles. The zero-order chi connectivity index (χ0) is 29.2. The Morgan fingerprint density at radius 3 is 2.52 bits per heavy atom. The molecule has 1 heterocycles. The molecule has 0 saturated heterocycles. The number of benzene rings is 1. The quantitative estimate of drug-likeness (QED) is 0.168. The van der Waals surface area contributed by atoms with Crippen LogP contribution in [-0.2, 0) is 20.7 Å². The fourth-order valence-electron chi connectivity index (χ4n) is 4.79. The van der Waals surface area contributed by atoms with Gasteiger partial charge in [0.1, 0.15) is 5.76 Å². The molecule has 7 nitrogen and oxygen atoms in total. The normalized spacial score (nSPS) is 15.7. The van der Waals surface area contributed by atoms with Crippen molar-refractivity contribution in [2.75, 3.05) is 13.7 Å². The summed E-state index contributed by atoms with van der Waals surface area (Å²) in [5.74, 6) is 0.929. The summed E-state index contributed by atoms with van der Waals surface area (Å²) in [4.78, 5) is 24.5. The molecule has 0 aliphatic heterocycles. The van der Waals surface area contributed by atoms with E-state index in [1.54, 1.807) is 13.2 Å². The second-order valence-corrected chi connectivity index (χ2v) is 11.1. The smallest absolute Gasteiger partial charge is 0.303 e. The lowest BCUT2D eigenvalue weighted by Gasteiger charge is -2.16. The van der Waals surface area contributed by atoms with Crippen LogP contribution in [0.4, 0.5) is 0 Å². The second-order valence-electron chi connectivity index (χ2n) is 11.1. The Kier molecular flexibility index (Phi) is 11.4. The average Bonchev–Trinajstić information content (AvgIpc) is 3.70. The number of carbonyl (C=O) groups is 2. The molecule has 1 aliphatic rings. The topological polar surface area (TPSA) is 102 Å². The maximum absolute atomic E-state index is 13.1. The van der Waals surface area contributed by atoms with Crippen molar-refractivity contribution in [3.8, 4) is 11.3 Å². The summed E-state index contributed by atoms with van der Waals surface area (Å²) >= 11 is 0. The van der Waals surface area contributed by atoms with Crippen molar-refractivity contribution in [2.45, 2.75) is 84.5 Å². The van der Waals surface area contributed by atoms with Crippen LogP contribution in [0.5, 0.6) is 0 Å². The minimum atomic E-state index is -0.896. The van der Waals surface area contributed by atoms with E-state index in [1.807, 2.05) is 19.9 Å². The first-order valence-corrected chi connectivity index (χ1v) is 14.3. The highest BCUT2D eigenvalue weighted by Gasteiger charge is 2.36. The number of methoxy groups -OCH3 is 1. The Labute approximate surface area is 238 Å². The predicted octanol–water partition coefficient (Wildman–Crippen LogP) is 7.32. The van der Waals surface area contributed by atoms with Crippen LogP contribution in [0.25, 0.3) is 11.3 Å². The van der Waals surface area contributed by atoms with Crippen LogP contribution < -0.4 is 5.32 Å². The van der Waals surface area contributed by atoms with E-state index in [0.717, 1.165) is 53.7 Å². The molecule has 40 heavy (non-hydrogen) atoms. The van der Waals surface area contributed by atoms with Crippen molar-refractivity contribution in [2.24, 2.45) is 5.92 Å². The molecular formula is C33H44N2O5. The van der Waals surface area contributed by atoms with E-state index in [9.17, 15) is 14.7 Å².